The van der Waals surface area contributed by atoms with Gasteiger partial charge in [-0.15, -0.1) is 11.3 Å². The fourth-order valence-electron chi connectivity index (χ4n) is 2.40. The predicted octanol–water partition coefficient (Wildman–Crippen LogP) is 3.57. The molecule has 1 aromatic carbocycles. The van der Waals surface area contributed by atoms with Gasteiger partial charge in [-0.25, -0.2) is 4.68 Å². The molecule has 1 N–H and O–H groups in total. The molecule has 3 rings (SSSR count). The number of nitrogens with zero attached hydrogens (tertiary/aromatic N) is 2. The molecule has 1 amide bonds. The van der Waals surface area contributed by atoms with E-state index in [1.807, 2.05) is 47.3 Å². The topological polar surface area (TPSA) is 46.9 Å². The van der Waals surface area contributed by atoms with Gasteiger partial charge in [0, 0.05) is 30.2 Å². The lowest BCUT2D eigenvalue weighted by molar-refractivity contribution is -0.121. The predicted molar refractivity (Wildman–Crippen MR) is 92.7 cm³/mol. The first-order valence-corrected chi connectivity index (χ1v) is 8.57. The third kappa shape index (κ3) is 4.53. The van der Waals surface area contributed by atoms with Gasteiger partial charge in [0.2, 0.25) is 5.91 Å². The van der Waals surface area contributed by atoms with E-state index in [-0.39, 0.29) is 5.91 Å². The largest absolute Gasteiger partial charge is 0.352 e. The fraction of sp³-hybridized carbons (Fsp3) is 0.222. The highest BCUT2D eigenvalue weighted by Crippen LogP contribution is 2.12. The molecule has 0 spiro atoms. The van der Waals surface area contributed by atoms with Crippen LogP contribution in [0.2, 0.25) is 0 Å². The van der Waals surface area contributed by atoms with Crippen molar-refractivity contribution in [3.05, 3.63) is 70.7 Å². The Labute approximate surface area is 139 Å². The van der Waals surface area contributed by atoms with Crippen molar-refractivity contribution < 1.29 is 4.79 Å². The Morgan fingerprint density at radius 2 is 2.17 bits per heavy atom. The molecule has 0 radical (unpaired) electrons. The molecule has 23 heavy (non-hydrogen) atoms. The normalized spacial score (nSPS) is 10.6. The molecule has 0 saturated heterocycles. The van der Waals surface area contributed by atoms with Crippen LogP contribution >= 0.6 is 11.3 Å². The molecule has 0 aliphatic heterocycles. The van der Waals surface area contributed by atoms with Gasteiger partial charge in [0.15, 0.2) is 0 Å². The third-order valence-electron chi connectivity index (χ3n) is 3.58. The summed E-state index contributed by atoms with van der Waals surface area (Å²) in [6.07, 6.45) is 6.08. The Hall–Kier alpha value is -2.40. The highest BCUT2D eigenvalue weighted by Gasteiger charge is 2.04. The lowest BCUT2D eigenvalue weighted by Crippen LogP contribution is -2.22. The average Bonchev–Trinajstić information content (AvgIpc) is 3.27. The minimum absolute atomic E-state index is 0.103. The van der Waals surface area contributed by atoms with Gasteiger partial charge >= 0.3 is 0 Å². The van der Waals surface area contributed by atoms with Crippen LogP contribution in [-0.2, 0) is 17.8 Å². The molecule has 0 aliphatic rings. The number of aryl methyl sites for hydroxylation is 1. The highest BCUT2D eigenvalue weighted by molar-refractivity contribution is 7.09. The molecule has 0 aliphatic carbocycles. The Morgan fingerprint density at radius 1 is 1.22 bits per heavy atom. The summed E-state index contributed by atoms with van der Waals surface area (Å²) in [5.74, 6) is 0.103. The van der Waals surface area contributed by atoms with Crippen LogP contribution in [-0.4, -0.2) is 15.7 Å². The number of aromatic nitrogens is 2. The number of rotatable bonds is 7. The number of carbonyl (C=O) groups excluding carboxylic acids is 1. The van der Waals surface area contributed by atoms with E-state index >= 15 is 0 Å². The molecule has 0 saturated carbocycles. The standard InChI is InChI=1S/C18H19N3OS/c22-18(9-2-7-17-8-3-12-23-17)19-14-15-5-1-6-16(13-15)21-11-4-10-20-21/h1,3-6,8,10-13H,2,7,9,14H2,(H,19,22). The van der Waals surface area contributed by atoms with Gasteiger partial charge in [-0.1, -0.05) is 18.2 Å². The van der Waals surface area contributed by atoms with Crippen LogP contribution in [0.25, 0.3) is 5.69 Å². The zero-order chi connectivity index (χ0) is 15.9. The Morgan fingerprint density at radius 3 is 2.96 bits per heavy atom. The summed E-state index contributed by atoms with van der Waals surface area (Å²) in [5, 5.41) is 9.28. The number of benzene rings is 1. The first-order valence-electron chi connectivity index (χ1n) is 7.69. The van der Waals surface area contributed by atoms with Gasteiger partial charge in [-0.2, -0.15) is 5.10 Å². The van der Waals surface area contributed by atoms with Crippen LogP contribution in [0.15, 0.2) is 60.2 Å². The van der Waals surface area contributed by atoms with E-state index in [0.29, 0.717) is 13.0 Å². The van der Waals surface area contributed by atoms with Crippen molar-refractivity contribution in [2.45, 2.75) is 25.8 Å². The van der Waals surface area contributed by atoms with Gasteiger partial charge in [0.25, 0.3) is 0 Å². The van der Waals surface area contributed by atoms with Crippen LogP contribution < -0.4 is 5.32 Å². The average molecular weight is 325 g/mol. The van der Waals surface area contributed by atoms with Crippen molar-refractivity contribution in [3.8, 4) is 5.69 Å². The molecular formula is C18H19N3OS. The van der Waals surface area contributed by atoms with E-state index in [4.69, 9.17) is 0 Å². The number of thiophene rings is 1. The van der Waals surface area contributed by atoms with Crippen molar-refractivity contribution in [2.75, 3.05) is 0 Å². The molecule has 0 unspecified atom stereocenters. The molecule has 2 aromatic heterocycles. The van der Waals surface area contributed by atoms with Crippen LogP contribution in [0, 0.1) is 0 Å². The maximum atomic E-state index is 11.9. The summed E-state index contributed by atoms with van der Waals surface area (Å²) < 4.78 is 1.81. The molecule has 0 fully saturated rings. The van der Waals surface area contributed by atoms with Gasteiger partial charge < -0.3 is 5.32 Å². The Balaban J connectivity index is 1.46. The summed E-state index contributed by atoms with van der Waals surface area (Å²) in [5.41, 5.74) is 2.07. The van der Waals surface area contributed by atoms with Crippen molar-refractivity contribution in [1.29, 1.82) is 0 Å². The number of hydrogen-bond donors (Lipinski definition) is 1. The number of nitrogens with one attached hydrogen (secondary N) is 1. The van der Waals surface area contributed by atoms with Gasteiger partial charge in [0.1, 0.15) is 0 Å². The molecule has 3 aromatic rings. The summed E-state index contributed by atoms with van der Waals surface area (Å²) in [7, 11) is 0. The molecule has 5 heteroatoms. The summed E-state index contributed by atoms with van der Waals surface area (Å²) >= 11 is 1.75. The van der Waals surface area contributed by atoms with E-state index in [9.17, 15) is 4.79 Å². The zero-order valence-corrected chi connectivity index (χ0v) is 13.6. The van der Waals surface area contributed by atoms with Crippen LogP contribution in [0.3, 0.4) is 0 Å². The monoisotopic (exact) mass is 325 g/mol. The quantitative estimate of drug-likeness (QED) is 0.722. The molecule has 0 bridgehead atoms. The highest BCUT2D eigenvalue weighted by atomic mass is 32.1. The van der Waals surface area contributed by atoms with E-state index in [1.54, 1.807) is 17.5 Å². The minimum Gasteiger partial charge on any atom is -0.352 e. The van der Waals surface area contributed by atoms with Gasteiger partial charge in [-0.05, 0) is 48.1 Å². The van der Waals surface area contributed by atoms with Gasteiger partial charge in [-0.3, -0.25) is 4.79 Å². The molecule has 2 heterocycles. The third-order valence-corrected chi connectivity index (χ3v) is 4.51. The molecule has 0 atom stereocenters. The van der Waals surface area contributed by atoms with Crippen molar-refractivity contribution >= 4 is 17.2 Å². The molecule has 118 valence electrons. The van der Waals surface area contributed by atoms with E-state index in [0.717, 1.165) is 24.1 Å². The van der Waals surface area contributed by atoms with Gasteiger partial charge in [0.05, 0.1) is 5.69 Å². The summed E-state index contributed by atoms with van der Waals surface area (Å²) in [6, 6.07) is 14.1. The number of amides is 1. The zero-order valence-electron chi connectivity index (χ0n) is 12.8. The van der Waals surface area contributed by atoms with E-state index in [2.05, 4.69) is 21.9 Å². The summed E-state index contributed by atoms with van der Waals surface area (Å²) in [4.78, 5) is 13.3. The second kappa shape index (κ2) is 7.74. The number of hydrogen-bond acceptors (Lipinski definition) is 3. The first kappa shape index (κ1) is 15.5. The van der Waals surface area contributed by atoms with E-state index in [1.165, 1.54) is 4.88 Å². The smallest absolute Gasteiger partial charge is 0.220 e. The minimum atomic E-state index is 0.103. The fourth-order valence-corrected chi connectivity index (χ4v) is 3.15. The molecular weight excluding hydrogens is 306 g/mol. The second-order valence-corrected chi connectivity index (χ2v) is 6.36. The van der Waals surface area contributed by atoms with Crippen LogP contribution in [0.1, 0.15) is 23.3 Å². The first-order chi connectivity index (χ1) is 11.3. The lowest BCUT2D eigenvalue weighted by Gasteiger charge is -2.07. The lowest BCUT2D eigenvalue weighted by atomic mass is 10.2. The number of carbonyl (C=O) groups is 1. The SMILES string of the molecule is O=C(CCCc1cccs1)NCc1cccc(-n2cccn2)c1. The maximum absolute atomic E-state index is 11.9. The van der Waals surface area contributed by atoms with Crippen molar-refractivity contribution in [3.63, 3.8) is 0 Å². The van der Waals surface area contributed by atoms with E-state index < -0.39 is 0 Å². The summed E-state index contributed by atoms with van der Waals surface area (Å²) in [6.45, 7) is 0.549. The second-order valence-electron chi connectivity index (χ2n) is 5.33. The van der Waals surface area contributed by atoms with Crippen LogP contribution in [0.4, 0.5) is 0 Å². The van der Waals surface area contributed by atoms with Crippen molar-refractivity contribution in [1.82, 2.24) is 15.1 Å². The van der Waals surface area contributed by atoms with Crippen LogP contribution in [0.5, 0.6) is 0 Å². The Bertz CT molecular complexity index is 735. The Kier molecular flexibility index (Phi) is 5.21. The van der Waals surface area contributed by atoms with Crippen molar-refractivity contribution in [2.24, 2.45) is 0 Å². The molecule has 4 nitrogen and oxygen atoms in total. The maximum Gasteiger partial charge on any atom is 0.220 e.